The number of para-hydroxylation sites is 1. The van der Waals surface area contributed by atoms with E-state index < -0.39 is 0 Å². The average Bonchev–Trinajstić information content (AvgIpc) is 3.11. The van der Waals surface area contributed by atoms with Crippen molar-refractivity contribution in [3.05, 3.63) is 83.9 Å². The molecule has 3 rings (SSSR count). The van der Waals surface area contributed by atoms with Gasteiger partial charge < -0.3 is 20.4 Å². The van der Waals surface area contributed by atoms with Crippen LogP contribution in [-0.2, 0) is 24.3 Å². The molecule has 0 amide bonds. The summed E-state index contributed by atoms with van der Waals surface area (Å²) >= 11 is 0. The number of methoxy groups -OCH3 is 1. The lowest BCUT2D eigenvalue weighted by atomic mass is 10.2. The largest absolute Gasteiger partial charge is 0.380 e. The van der Waals surface area contributed by atoms with Crippen LogP contribution in [0.3, 0.4) is 0 Å². The van der Waals surface area contributed by atoms with Crippen LogP contribution in [0.4, 0.5) is 5.69 Å². The number of nitrogens with one attached hydrogen (secondary N) is 1. The van der Waals surface area contributed by atoms with Crippen molar-refractivity contribution in [2.45, 2.75) is 19.6 Å². The number of nitrogens with two attached hydrogens (primary N) is 1. The summed E-state index contributed by atoms with van der Waals surface area (Å²) in [5.41, 5.74) is 9.24. The van der Waals surface area contributed by atoms with Gasteiger partial charge in [0.15, 0.2) is 5.96 Å². The van der Waals surface area contributed by atoms with Gasteiger partial charge in [-0.15, -0.1) is 24.0 Å². The number of aromatic nitrogens is 2. The highest BCUT2D eigenvalue weighted by Crippen LogP contribution is 2.15. The molecule has 0 saturated heterocycles. The van der Waals surface area contributed by atoms with E-state index in [-0.39, 0.29) is 24.0 Å². The molecule has 1 heterocycles. The number of nitrogens with zero attached hydrogens (tertiary/aromatic N) is 3. The molecule has 0 bridgehead atoms. The van der Waals surface area contributed by atoms with E-state index in [1.807, 2.05) is 54.9 Å². The SMILES string of the molecule is COCc1ccccc1NC(N)=NCCc1nccn1Cc1ccccc1.I. The number of benzene rings is 2. The number of ether oxygens (including phenoxy) is 1. The van der Waals surface area contributed by atoms with E-state index in [1.54, 1.807) is 7.11 Å². The quantitative estimate of drug-likeness (QED) is 0.287. The lowest BCUT2D eigenvalue weighted by Gasteiger charge is -2.11. The van der Waals surface area contributed by atoms with Crippen molar-refractivity contribution >= 4 is 35.6 Å². The summed E-state index contributed by atoms with van der Waals surface area (Å²) in [6, 6.07) is 18.2. The number of halogens is 1. The first-order valence-electron chi connectivity index (χ1n) is 8.94. The zero-order valence-electron chi connectivity index (χ0n) is 15.9. The second-order valence-electron chi connectivity index (χ2n) is 6.19. The Morgan fingerprint density at radius 3 is 2.68 bits per heavy atom. The fourth-order valence-corrected chi connectivity index (χ4v) is 2.87. The molecule has 0 atom stereocenters. The molecule has 0 radical (unpaired) electrons. The van der Waals surface area contributed by atoms with Crippen LogP contribution in [0.1, 0.15) is 17.0 Å². The van der Waals surface area contributed by atoms with Gasteiger partial charge in [0.2, 0.25) is 0 Å². The molecule has 0 aliphatic rings. The number of rotatable bonds is 8. The normalized spacial score (nSPS) is 11.1. The molecule has 0 spiro atoms. The van der Waals surface area contributed by atoms with Crippen molar-refractivity contribution in [3.8, 4) is 0 Å². The van der Waals surface area contributed by atoms with E-state index in [0.29, 0.717) is 19.1 Å². The molecule has 0 fully saturated rings. The molecule has 1 aromatic heterocycles. The monoisotopic (exact) mass is 491 g/mol. The van der Waals surface area contributed by atoms with E-state index >= 15 is 0 Å². The maximum absolute atomic E-state index is 6.04. The molecule has 3 aromatic rings. The van der Waals surface area contributed by atoms with E-state index in [1.165, 1.54) is 5.56 Å². The van der Waals surface area contributed by atoms with Crippen LogP contribution < -0.4 is 11.1 Å². The third-order valence-corrected chi connectivity index (χ3v) is 4.19. The molecular weight excluding hydrogens is 465 g/mol. The highest BCUT2D eigenvalue weighted by Gasteiger charge is 2.05. The van der Waals surface area contributed by atoms with Crippen molar-refractivity contribution in [1.29, 1.82) is 0 Å². The zero-order valence-corrected chi connectivity index (χ0v) is 18.2. The molecule has 0 saturated carbocycles. The molecule has 0 unspecified atom stereocenters. The number of hydrogen-bond donors (Lipinski definition) is 2. The van der Waals surface area contributed by atoms with Crippen LogP contribution in [-0.4, -0.2) is 29.2 Å². The Balaban J connectivity index is 0.00000280. The van der Waals surface area contributed by atoms with E-state index in [0.717, 1.165) is 30.0 Å². The fourth-order valence-electron chi connectivity index (χ4n) is 2.87. The van der Waals surface area contributed by atoms with Crippen molar-refractivity contribution in [2.75, 3.05) is 19.0 Å². The summed E-state index contributed by atoms with van der Waals surface area (Å²) in [5, 5.41) is 3.15. The van der Waals surface area contributed by atoms with Crippen molar-refractivity contribution in [3.63, 3.8) is 0 Å². The summed E-state index contributed by atoms with van der Waals surface area (Å²) in [5.74, 6) is 1.38. The van der Waals surface area contributed by atoms with Crippen molar-refractivity contribution in [2.24, 2.45) is 10.7 Å². The molecular formula is C21H26IN5O. The molecule has 3 N–H and O–H groups in total. The number of guanidine groups is 1. The van der Waals surface area contributed by atoms with Gasteiger partial charge in [-0.3, -0.25) is 4.99 Å². The number of aliphatic imine (C=N–C) groups is 1. The summed E-state index contributed by atoms with van der Waals surface area (Å²) in [7, 11) is 1.67. The van der Waals surface area contributed by atoms with Gasteiger partial charge in [0, 0.05) is 50.3 Å². The van der Waals surface area contributed by atoms with Gasteiger partial charge in [-0.05, 0) is 11.6 Å². The van der Waals surface area contributed by atoms with Crippen LogP contribution in [0.15, 0.2) is 72.0 Å². The second-order valence-corrected chi connectivity index (χ2v) is 6.19. The van der Waals surface area contributed by atoms with E-state index in [4.69, 9.17) is 10.5 Å². The van der Waals surface area contributed by atoms with Crippen LogP contribution in [0.25, 0.3) is 0 Å². The van der Waals surface area contributed by atoms with Crippen LogP contribution in [0.5, 0.6) is 0 Å². The van der Waals surface area contributed by atoms with Crippen LogP contribution in [0, 0.1) is 0 Å². The van der Waals surface area contributed by atoms with Crippen LogP contribution >= 0.6 is 24.0 Å². The van der Waals surface area contributed by atoms with Crippen LogP contribution in [0.2, 0.25) is 0 Å². The summed E-state index contributed by atoms with van der Waals surface area (Å²) in [6.45, 7) is 1.89. The van der Waals surface area contributed by atoms with Crippen molar-refractivity contribution < 1.29 is 4.74 Å². The Labute approximate surface area is 182 Å². The first-order valence-corrected chi connectivity index (χ1v) is 8.94. The Hall–Kier alpha value is -2.39. The first-order chi connectivity index (χ1) is 13.3. The predicted octanol–water partition coefficient (Wildman–Crippen LogP) is 3.67. The van der Waals surface area contributed by atoms with Gasteiger partial charge >= 0.3 is 0 Å². The standard InChI is InChI=1S/C21H25N5O.HI/c1-27-16-18-9-5-6-10-19(18)25-21(22)24-12-11-20-23-13-14-26(20)15-17-7-3-2-4-8-17;/h2-10,13-14H,11-12,15-16H2,1H3,(H3,22,24,25);1H. The van der Waals surface area contributed by atoms with E-state index in [2.05, 4.69) is 32.0 Å². The van der Waals surface area contributed by atoms with Gasteiger partial charge in [0.25, 0.3) is 0 Å². The maximum atomic E-state index is 6.04. The number of anilines is 1. The summed E-state index contributed by atoms with van der Waals surface area (Å²) < 4.78 is 7.35. The molecule has 6 nitrogen and oxygen atoms in total. The lowest BCUT2D eigenvalue weighted by molar-refractivity contribution is 0.185. The second kappa shape index (κ2) is 11.5. The minimum atomic E-state index is 0. The molecule has 7 heteroatoms. The third kappa shape index (κ3) is 6.35. The highest BCUT2D eigenvalue weighted by molar-refractivity contribution is 14.0. The Bertz CT molecular complexity index is 879. The maximum Gasteiger partial charge on any atom is 0.193 e. The summed E-state index contributed by atoms with van der Waals surface area (Å²) in [6.07, 6.45) is 4.54. The Kier molecular flexibility index (Phi) is 8.96. The minimum Gasteiger partial charge on any atom is -0.380 e. The molecule has 0 aliphatic carbocycles. The highest BCUT2D eigenvalue weighted by atomic mass is 127. The van der Waals surface area contributed by atoms with E-state index in [9.17, 15) is 0 Å². The van der Waals surface area contributed by atoms with Gasteiger partial charge in [-0.25, -0.2) is 4.98 Å². The predicted molar refractivity (Wildman–Crippen MR) is 124 cm³/mol. The van der Waals surface area contributed by atoms with Gasteiger partial charge in [0.05, 0.1) is 6.61 Å². The Morgan fingerprint density at radius 2 is 1.89 bits per heavy atom. The van der Waals surface area contributed by atoms with Gasteiger partial charge in [-0.2, -0.15) is 0 Å². The lowest BCUT2D eigenvalue weighted by Crippen LogP contribution is -2.24. The Morgan fingerprint density at radius 1 is 1.14 bits per heavy atom. The topological polar surface area (TPSA) is 77.5 Å². The fraction of sp³-hybridized carbons (Fsp3) is 0.238. The molecule has 28 heavy (non-hydrogen) atoms. The number of hydrogen-bond acceptors (Lipinski definition) is 3. The molecule has 148 valence electrons. The summed E-state index contributed by atoms with van der Waals surface area (Å²) in [4.78, 5) is 8.88. The van der Waals surface area contributed by atoms with Crippen molar-refractivity contribution in [1.82, 2.24) is 9.55 Å². The molecule has 0 aliphatic heterocycles. The molecule has 2 aromatic carbocycles. The zero-order chi connectivity index (χ0) is 18.9. The first kappa shape index (κ1) is 21.9. The minimum absolute atomic E-state index is 0. The smallest absolute Gasteiger partial charge is 0.193 e. The van der Waals surface area contributed by atoms with Gasteiger partial charge in [-0.1, -0.05) is 48.5 Å². The number of imidazole rings is 1. The van der Waals surface area contributed by atoms with Gasteiger partial charge in [0.1, 0.15) is 5.82 Å². The third-order valence-electron chi connectivity index (χ3n) is 4.19. The average molecular weight is 491 g/mol.